The highest BCUT2D eigenvalue weighted by atomic mass is 19.4. The minimum absolute atomic E-state index is 0.0709. The van der Waals surface area contributed by atoms with Gasteiger partial charge in [-0.2, -0.15) is 18.3 Å². The largest absolute Gasteiger partial charge is 0.391 e. The monoisotopic (exact) mass is 275 g/mol. The highest BCUT2D eigenvalue weighted by molar-refractivity contribution is 5.06. The Bertz CT molecular complexity index is 406. The first-order valence-electron chi connectivity index (χ1n) is 6.66. The van der Waals surface area contributed by atoms with Gasteiger partial charge in [-0.1, -0.05) is 0 Å². The first-order chi connectivity index (χ1) is 8.86. The molecule has 19 heavy (non-hydrogen) atoms. The van der Waals surface area contributed by atoms with E-state index in [9.17, 15) is 13.2 Å². The van der Waals surface area contributed by atoms with Crippen molar-refractivity contribution in [2.45, 2.75) is 44.3 Å². The lowest BCUT2D eigenvalue weighted by Gasteiger charge is -2.32. The van der Waals surface area contributed by atoms with Crippen molar-refractivity contribution in [3.8, 4) is 0 Å². The van der Waals surface area contributed by atoms with Gasteiger partial charge in [-0.15, -0.1) is 0 Å². The van der Waals surface area contributed by atoms with E-state index in [2.05, 4.69) is 5.10 Å². The molecule has 1 aliphatic rings. The summed E-state index contributed by atoms with van der Waals surface area (Å²) < 4.78 is 39.4. The maximum absolute atomic E-state index is 12.6. The molecular formula is C13H20F3N3. The summed E-state index contributed by atoms with van der Waals surface area (Å²) >= 11 is 0. The lowest BCUT2D eigenvalue weighted by Crippen LogP contribution is -2.37. The molecule has 2 rings (SSSR count). The van der Waals surface area contributed by atoms with Gasteiger partial charge in [0.25, 0.3) is 0 Å². The fraction of sp³-hybridized carbons (Fsp3) is 0.769. The minimum Gasteiger partial charge on any atom is -0.327 e. The van der Waals surface area contributed by atoms with Crippen molar-refractivity contribution >= 4 is 0 Å². The third-order valence-electron chi connectivity index (χ3n) is 4.07. The van der Waals surface area contributed by atoms with Crippen LogP contribution in [0.1, 0.15) is 31.2 Å². The second-order valence-electron chi connectivity index (χ2n) is 5.54. The smallest absolute Gasteiger partial charge is 0.327 e. The zero-order valence-corrected chi connectivity index (χ0v) is 11.0. The summed E-state index contributed by atoms with van der Waals surface area (Å²) in [5, 5.41) is 4.07. The van der Waals surface area contributed by atoms with Crippen molar-refractivity contribution in [1.82, 2.24) is 9.78 Å². The molecule has 1 unspecified atom stereocenters. The number of nitrogens with two attached hydrogens (primary N) is 1. The summed E-state index contributed by atoms with van der Waals surface area (Å²) in [5.41, 5.74) is 7.17. The maximum Gasteiger partial charge on any atom is 0.391 e. The highest BCUT2D eigenvalue weighted by Crippen LogP contribution is 2.40. The lowest BCUT2D eigenvalue weighted by atomic mass is 9.77. The van der Waals surface area contributed by atoms with E-state index in [-0.39, 0.29) is 24.8 Å². The number of halogens is 3. The van der Waals surface area contributed by atoms with Gasteiger partial charge in [-0.05, 0) is 43.6 Å². The van der Waals surface area contributed by atoms with Crippen LogP contribution in [0, 0.1) is 11.8 Å². The van der Waals surface area contributed by atoms with Crippen LogP contribution < -0.4 is 5.73 Å². The molecule has 1 fully saturated rings. The summed E-state index contributed by atoms with van der Waals surface area (Å²) in [6, 6.07) is -0.0709. The Morgan fingerprint density at radius 3 is 2.47 bits per heavy atom. The number of hydrogen-bond acceptors (Lipinski definition) is 2. The number of hydrogen-bond donors (Lipinski definition) is 1. The molecular weight excluding hydrogens is 255 g/mol. The van der Waals surface area contributed by atoms with Crippen molar-refractivity contribution in [1.29, 1.82) is 0 Å². The molecule has 1 aliphatic carbocycles. The first-order valence-corrected chi connectivity index (χ1v) is 6.66. The maximum atomic E-state index is 12.6. The average Bonchev–Trinajstić information content (AvgIpc) is 2.74. The van der Waals surface area contributed by atoms with E-state index in [1.54, 1.807) is 10.9 Å². The molecule has 1 saturated carbocycles. The van der Waals surface area contributed by atoms with Gasteiger partial charge in [-0.3, -0.25) is 4.68 Å². The van der Waals surface area contributed by atoms with Gasteiger partial charge in [0.2, 0.25) is 0 Å². The number of nitrogens with zero attached hydrogens (tertiary/aromatic N) is 2. The van der Waals surface area contributed by atoms with E-state index in [0.717, 1.165) is 5.56 Å². The van der Waals surface area contributed by atoms with Crippen LogP contribution in [0.15, 0.2) is 12.4 Å². The van der Waals surface area contributed by atoms with Crippen LogP contribution >= 0.6 is 0 Å². The molecule has 0 aromatic carbocycles. The zero-order chi connectivity index (χ0) is 14.0. The van der Waals surface area contributed by atoms with Crippen molar-refractivity contribution in [3.05, 3.63) is 18.0 Å². The number of alkyl halides is 3. The summed E-state index contributed by atoms with van der Waals surface area (Å²) in [6.45, 7) is 0. The molecule has 0 amide bonds. The number of rotatable bonds is 3. The molecule has 0 spiro atoms. The molecule has 0 saturated heterocycles. The van der Waals surface area contributed by atoms with E-state index >= 15 is 0 Å². The predicted octanol–water partition coefficient (Wildman–Crippen LogP) is 2.66. The molecule has 1 atom stereocenters. The van der Waals surface area contributed by atoms with Crippen molar-refractivity contribution in [2.24, 2.45) is 24.6 Å². The van der Waals surface area contributed by atoms with Gasteiger partial charge in [0, 0.05) is 19.3 Å². The van der Waals surface area contributed by atoms with Crippen LogP contribution in [0.3, 0.4) is 0 Å². The van der Waals surface area contributed by atoms with Gasteiger partial charge >= 0.3 is 6.18 Å². The van der Waals surface area contributed by atoms with E-state index in [0.29, 0.717) is 19.3 Å². The summed E-state index contributed by atoms with van der Waals surface area (Å²) in [4.78, 5) is 0. The van der Waals surface area contributed by atoms with Crippen molar-refractivity contribution in [3.63, 3.8) is 0 Å². The Kier molecular flexibility index (Phi) is 4.18. The Balaban J connectivity index is 1.84. The van der Waals surface area contributed by atoms with Crippen LogP contribution in [0.5, 0.6) is 0 Å². The van der Waals surface area contributed by atoms with Crippen LogP contribution in [0.25, 0.3) is 0 Å². The fourth-order valence-corrected chi connectivity index (χ4v) is 2.89. The molecule has 6 heteroatoms. The molecule has 0 bridgehead atoms. The number of aromatic nitrogens is 2. The van der Waals surface area contributed by atoms with E-state index in [1.807, 2.05) is 13.2 Å². The Morgan fingerprint density at radius 2 is 2.00 bits per heavy atom. The van der Waals surface area contributed by atoms with Gasteiger partial charge in [-0.25, -0.2) is 0 Å². The summed E-state index contributed by atoms with van der Waals surface area (Å²) in [5.74, 6) is -0.937. The van der Waals surface area contributed by atoms with Gasteiger partial charge < -0.3 is 5.73 Å². The molecule has 3 nitrogen and oxygen atoms in total. The van der Waals surface area contributed by atoms with Crippen LogP contribution in [0.4, 0.5) is 13.2 Å². The lowest BCUT2D eigenvalue weighted by molar-refractivity contribution is -0.184. The average molecular weight is 275 g/mol. The fourth-order valence-electron chi connectivity index (χ4n) is 2.89. The topological polar surface area (TPSA) is 43.8 Å². The summed E-state index contributed by atoms with van der Waals surface area (Å²) in [6.07, 6.45) is 1.90. The quantitative estimate of drug-likeness (QED) is 0.921. The third kappa shape index (κ3) is 3.72. The molecule has 2 N–H and O–H groups in total. The predicted molar refractivity (Wildman–Crippen MR) is 66.4 cm³/mol. The first kappa shape index (κ1) is 14.4. The normalized spacial score (nSPS) is 26.4. The highest BCUT2D eigenvalue weighted by Gasteiger charge is 2.42. The molecule has 108 valence electrons. The standard InChI is InChI=1S/C13H20F3N3/c1-19-8-9(7-18-19)6-12(17)10-2-4-11(5-3-10)13(14,15)16/h7-8,10-12H,2-6,17H2,1H3. The van der Waals surface area contributed by atoms with Crippen LogP contribution in [-0.4, -0.2) is 22.0 Å². The van der Waals surface area contributed by atoms with Gasteiger partial charge in [0.05, 0.1) is 12.1 Å². The SMILES string of the molecule is Cn1cc(CC(N)C2CCC(C(F)(F)F)CC2)cn1. The summed E-state index contributed by atoms with van der Waals surface area (Å²) in [7, 11) is 1.84. The molecule has 1 heterocycles. The Labute approximate surface area is 111 Å². The molecule has 1 aromatic rings. The third-order valence-corrected chi connectivity index (χ3v) is 4.07. The van der Waals surface area contributed by atoms with Gasteiger partial charge in [0.1, 0.15) is 0 Å². The zero-order valence-electron chi connectivity index (χ0n) is 11.0. The number of aryl methyl sites for hydroxylation is 1. The molecule has 1 aromatic heterocycles. The molecule has 0 aliphatic heterocycles. The van der Waals surface area contributed by atoms with E-state index in [4.69, 9.17) is 5.73 Å². The second-order valence-corrected chi connectivity index (χ2v) is 5.54. The van der Waals surface area contributed by atoms with Crippen LogP contribution in [-0.2, 0) is 13.5 Å². The van der Waals surface area contributed by atoms with Crippen molar-refractivity contribution < 1.29 is 13.2 Å². The van der Waals surface area contributed by atoms with Gasteiger partial charge in [0.15, 0.2) is 0 Å². The van der Waals surface area contributed by atoms with Crippen molar-refractivity contribution in [2.75, 3.05) is 0 Å². The second kappa shape index (κ2) is 5.53. The molecule has 0 radical (unpaired) electrons. The van der Waals surface area contributed by atoms with Crippen LogP contribution in [0.2, 0.25) is 0 Å². The minimum atomic E-state index is -4.04. The van der Waals surface area contributed by atoms with E-state index in [1.165, 1.54) is 0 Å². The van der Waals surface area contributed by atoms with E-state index < -0.39 is 12.1 Å². The Hall–Kier alpha value is -1.04. The Morgan fingerprint density at radius 1 is 1.37 bits per heavy atom.